The predicted octanol–water partition coefficient (Wildman–Crippen LogP) is 5.59. The van der Waals surface area contributed by atoms with E-state index in [0.717, 1.165) is 4.31 Å². The van der Waals surface area contributed by atoms with E-state index in [1.54, 1.807) is 30.3 Å². The van der Waals surface area contributed by atoms with E-state index in [2.05, 4.69) is 5.32 Å². The Kier molecular flexibility index (Phi) is 6.90. The predicted molar refractivity (Wildman–Crippen MR) is 145 cm³/mol. The highest BCUT2D eigenvalue weighted by Crippen LogP contribution is 2.48. The molecule has 0 saturated carbocycles. The van der Waals surface area contributed by atoms with Crippen molar-refractivity contribution in [2.24, 2.45) is 0 Å². The number of nitrogens with one attached hydrogen (secondary N) is 1. The van der Waals surface area contributed by atoms with Gasteiger partial charge in [0, 0.05) is 21.8 Å². The largest absolute Gasteiger partial charge is 0.495 e. The Balaban J connectivity index is 1.57. The molecule has 39 heavy (non-hydrogen) atoms. The van der Waals surface area contributed by atoms with Crippen molar-refractivity contribution in [3.8, 4) is 11.5 Å². The number of sulfonamides is 1. The number of hydrogen-bond acceptors (Lipinski definition) is 6. The molecule has 1 aliphatic rings. The Hall–Kier alpha value is -4.54. The van der Waals surface area contributed by atoms with Gasteiger partial charge in [-0.25, -0.2) is 17.5 Å². The normalized spacial score (nSPS) is 14.3. The smallest absolute Gasteiger partial charge is 0.335 e. The van der Waals surface area contributed by atoms with E-state index in [1.165, 1.54) is 67.8 Å². The summed E-state index contributed by atoms with van der Waals surface area (Å²) in [5, 5.41) is 12.0. The fourth-order valence-electron chi connectivity index (χ4n) is 4.16. The molecule has 4 aromatic rings. The van der Waals surface area contributed by atoms with Crippen molar-refractivity contribution in [3.63, 3.8) is 0 Å². The fourth-order valence-corrected chi connectivity index (χ4v) is 6.11. The van der Waals surface area contributed by atoms with Crippen LogP contribution in [0.4, 0.5) is 11.4 Å². The Bertz CT molecular complexity index is 1680. The highest BCUT2D eigenvalue weighted by Gasteiger charge is 2.42. The Labute approximate surface area is 229 Å². The summed E-state index contributed by atoms with van der Waals surface area (Å²) in [6, 6.07) is 23.2. The lowest BCUT2D eigenvalue weighted by Gasteiger charge is -2.26. The minimum Gasteiger partial charge on any atom is -0.495 e. The molecule has 0 radical (unpaired) electrons. The van der Waals surface area contributed by atoms with Crippen LogP contribution in [-0.2, 0) is 10.0 Å². The van der Waals surface area contributed by atoms with Gasteiger partial charge in [-0.05, 0) is 60.7 Å². The zero-order valence-electron chi connectivity index (χ0n) is 20.4. The number of aromatic carboxylic acids is 1. The molecule has 4 aromatic carbocycles. The number of fused-ring (bicyclic) bond motifs is 1. The average Bonchev–Trinajstić information content (AvgIpc) is 3.33. The lowest BCUT2D eigenvalue weighted by atomic mass is 10.1. The third-order valence-electron chi connectivity index (χ3n) is 6.05. The highest BCUT2D eigenvalue weighted by atomic mass is 35.5. The lowest BCUT2D eigenvalue weighted by Crippen LogP contribution is -2.34. The summed E-state index contributed by atoms with van der Waals surface area (Å²) in [5.74, 6) is -1.26. The number of carboxylic acids is 1. The van der Waals surface area contributed by atoms with E-state index in [9.17, 15) is 18.0 Å². The topological polar surface area (TPSA) is 122 Å². The van der Waals surface area contributed by atoms with Gasteiger partial charge in [-0.1, -0.05) is 41.9 Å². The van der Waals surface area contributed by atoms with E-state index in [-0.39, 0.29) is 38.2 Å². The summed E-state index contributed by atoms with van der Waals surface area (Å²) in [4.78, 5) is 24.0. The number of amides is 1. The molecule has 1 atom stereocenters. The molecule has 1 heterocycles. The molecule has 198 valence electrons. The molecule has 0 spiro atoms. The van der Waals surface area contributed by atoms with Crippen molar-refractivity contribution in [1.82, 2.24) is 0 Å². The van der Waals surface area contributed by atoms with Gasteiger partial charge in [0.1, 0.15) is 16.4 Å². The van der Waals surface area contributed by atoms with E-state index in [0.29, 0.717) is 11.3 Å². The molecule has 0 bridgehead atoms. The number of carbonyl (C=O) groups excluding carboxylic acids is 1. The SMILES string of the molecule is COc1ccc(Cl)cc1S(=O)(=O)N1c2cc(C(=O)Nc3ccc(C(=O)O)cc3)ccc2OC1c1ccccc1. The first-order valence-electron chi connectivity index (χ1n) is 11.6. The molecule has 11 heteroatoms. The van der Waals surface area contributed by atoms with E-state index in [4.69, 9.17) is 26.2 Å². The first-order chi connectivity index (χ1) is 18.7. The second-order valence-electron chi connectivity index (χ2n) is 8.50. The zero-order valence-corrected chi connectivity index (χ0v) is 21.9. The van der Waals surface area contributed by atoms with Crippen molar-refractivity contribution >= 4 is 44.9 Å². The molecule has 0 aliphatic carbocycles. The lowest BCUT2D eigenvalue weighted by molar-refractivity contribution is 0.0696. The van der Waals surface area contributed by atoms with Gasteiger partial charge in [0.25, 0.3) is 15.9 Å². The molecule has 1 aliphatic heterocycles. The summed E-state index contributed by atoms with van der Waals surface area (Å²) in [6.07, 6.45) is -1.06. The maximum absolute atomic E-state index is 14.1. The number of nitrogens with zero attached hydrogens (tertiary/aromatic N) is 1. The first-order valence-corrected chi connectivity index (χ1v) is 13.4. The summed E-state index contributed by atoms with van der Waals surface area (Å²) < 4.78 is 40.8. The van der Waals surface area contributed by atoms with Crippen molar-refractivity contribution in [1.29, 1.82) is 0 Å². The fraction of sp³-hybridized carbons (Fsp3) is 0.0714. The number of methoxy groups -OCH3 is 1. The van der Waals surface area contributed by atoms with Gasteiger partial charge in [-0.3, -0.25) is 4.79 Å². The number of rotatable bonds is 7. The van der Waals surface area contributed by atoms with Gasteiger partial charge in [0.05, 0.1) is 18.4 Å². The van der Waals surface area contributed by atoms with Crippen molar-refractivity contribution in [2.45, 2.75) is 11.1 Å². The Morgan fingerprint density at radius 1 is 0.949 bits per heavy atom. The summed E-state index contributed by atoms with van der Waals surface area (Å²) in [5.41, 5.74) is 1.33. The van der Waals surface area contributed by atoms with E-state index < -0.39 is 28.1 Å². The van der Waals surface area contributed by atoms with Crippen LogP contribution in [0.5, 0.6) is 11.5 Å². The number of carbonyl (C=O) groups is 2. The van der Waals surface area contributed by atoms with Crippen LogP contribution in [0.1, 0.15) is 32.5 Å². The van der Waals surface area contributed by atoms with Gasteiger partial charge >= 0.3 is 5.97 Å². The monoisotopic (exact) mass is 564 g/mol. The molecule has 0 saturated heterocycles. The van der Waals surface area contributed by atoms with Crippen LogP contribution in [0.15, 0.2) is 95.9 Å². The van der Waals surface area contributed by atoms with Crippen LogP contribution < -0.4 is 19.1 Å². The maximum Gasteiger partial charge on any atom is 0.335 e. The number of anilines is 2. The second kappa shape index (κ2) is 10.3. The number of ether oxygens (including phenoxy) is 2. The molecule has 1 amide bonds. The van der Waals surface area contributed by atoms with Crippen molar-refractivity contribution < 1.29 is 32.6 Å². The third kappa shape index (κ3) is 4.99. The summed E-state index contributed by atoms with van der Waals surface area (Å²) in [7, 11) is -2.96. The van der Waals surface area contributed by atoms with Crippen LogP contribution >= 0.6 is 11.6 Å². The van der Waals surface area contributed by atoms with Crippen molar-refractivity contribution in [3.05, 3.63) is 113 Å². The van der Waals surface area contributed by atoms with Crippen LogP contribution in [0, 0.1) is 0 Å². The van der Waals surface area contributed by atoms with Gasteiger partial charge in [-0.2, -0.15) is 0 Å². The third-order valence-corrected chi connectivity index (χ3v) is 8.06. The second-order valence-corrected chi connectivity index (χ2v) is 10.7. The minimum atomic E-state index is -4.32. The maximum atomic E-state index is 14.1. The number of carboxylic acid groups (broad SMARTS) is 1. The molecule has 2 N–H and O–H groups in total. The molecule has 0 fully saturated rings. The van der Waals surface area contributed by atoms with Gasteiger partial charge in [-0.15, -0.1) is 0 Å². The van der Waals surface area contributed by atoms with Crippen LogP contribution in [0.3, 0.4) is 0 Å². The number of hydrogen-bond donors (Lipinski definition) is 2. The minimum absolute atomic E-state index is 0.0759. The van der Waals surface area contributed by atoms with Crippen molar-refractivity contribution in [2.75, 3.05) is 16.7 Å². The quantitative estimate of drug-likeness (QED) is 0.300. The van der Waals surface area contributed by atoms with Crippen LogP contribution in [0.25, 0.3) is 0 Å². The number of halogens is 1. The molecule has 1 unspecified atom stereocenters. The van der Waals surface area contributed by atoms with Gasteiger partial charge in [0.2, 0.25) is 6.23 Å². The van der Waals surface area contributed by atoms with Crippen LogP contribution in [0.2, 0.25) is 5.02 Å². The van der Waals surface area contributed by atoms with Gasteiger partial charge in [0.15, 0.2) is 0 Å². The molecule has 9 nitrogen and oxygen atoms in total. The van der Waals surface area contributed by atoms with E-state index >= 15 is 0 Å². The molecular formula is C28H21ClN2O7S. The summed E-state index contributed by atoms with van der Waals surface area (Å²) >= 11 is 6.16. The first kappa shape index (κ1) is 26.1. The molecular weight excluding hydrogens is 544 g/mol. The Morgan fingerprint density at radius 3 is 2.31 bits per heavy atom. The van der Waals surface area contributed by atoms with E-state index in [1.807, 2.05) is 0 Å². The van der Waals surface area contributed by atoms with Gasteiger partial charge < -0.3 is 19.9 Å². The Morgan fingerprint density at radius 2 is 1.64 bits per heavy atom. The standard InChI is InChI=1S/C28H21ClN2O7S/c1-37-24-14-10-20(29)16-25(24)39(35,36)31-22-15-19(26(32)30-21-11-7-18(8-12-21)28(33)34)9-13-23(22)38-27(31)17-5-3-2-4-6-17/h2-16,27H,1H3,(H,30,32)(H,33,34). The molecule has 0 aromatic heterocycles. The zero-order chi connectivity index (χ0) is 27.7. The summed E-state index contributed by atoms with van der Waals surface area (Å²) in [6.45, 7) is 0. The average molecular weight is 565 g/mol. The molecule has 5 rings (SSSR count). The number of benzene rings is 4. The van der Waals surface area contributed by atoms with Crippen LogP contribution in [-0.4, -0.2) is 32.5 Å². The highest BCUT2D eigenvalue weighted by molar-refractivity contribution is 7.93.